The molecule has 0 fully saturated rings. The Morgan fingerprint density at radius 2 is 1.78 bits per heavy atom. The SMILES string of the molecule is COc1ccc(NC(C)=O)cc1NC(=O)Cn1cc(S(=O)(=O)Cc2cccc(F)c2)c2ccccc21. The molecule has 0 aliphatic carbocycles. The van der Waals surface area contributed by atoms with Gasteiger partial charge in [-0.25, -0.2) is 12.8 Å². The molecule has 0 aliphatic rings. The maximum atomic E-state index is 13.6. The Morgan fingerprint density at radius 1 is 1.00 bits per heavy atom. The monoisotopic (exact) mass is 509 g/mol. The third-order valence-corrected chi connectivity index (χ3v) is 7.15. The molecule has 0 unspecified atom stereocenters. The van der Waals surface area contributed by atoms with Crippen molar-refractivity contribution >= 4 is 43.9 Å². The van der Waals surface area contributed by atoms with Crippen LogP contribution >= 0.6 is 0 Å². The van der Waals surface area contributed by atoms with Gasteiger partial charge in [0.05, 0.1) is 23.4 Å². The zero-order valence-electron chi connectivity index (χ0n) is 19.6. The van der Waals surface area contributed by atoms with Crippen molar-refractivity contribution in [2.45, 2.75) is 24.1 Å². The molecule has 0 atom stereocenters. The first-order valence-corrected chi connectivity index (χ1v) is 12.6. The number of fused-ring (bicyclic) bond motifs is 1. The van der Waals surface area contributed by atoms with Gasteiger partial charge in [0.2, 0.25) is 11.8 Å². The predicted molar refractivity (Wildman–Crippen MR) is 135 cm³/mol. The summed E-state index contributed by atoms with van der Waals surface area (Å²) in [6.45, 7) is 1.20. The number of para-hydroxylation sites is 1. The number of carbonyl (C=O) groups is 2. The number of aromatic nitrogens is 1. The Labute approximate surface area is 207 Å². The van der Waals surface area contributed by atoms with Crippen LogP contribution < -0.4 is 15.4 Å². The Balaban J connectivity index is 1.62. The van der Waals surface area contributed by atoms with E-state index in [1.807, 2.05) is 0 Å². The first-order chi connectivity index (χ1) is 17.2. The fourth-order valence-electron chi connectivity index (χ4n) is 3.95. The van der Waals surface area contributed by atoms with Gasteiger partial charge in [0.15, 0.2) is 9.84 Å². The Morgan fingerprint density at radius 3 is 2.50 bits per heavy atom. The summed E-state index contributed by atoms with van der Waals surface area (Å²) in [4.78, 5) is 24.4. The second kappa shape index (κ2) is 10.2. The highest BCUT2D eigenvalue weighted by Crippen LogP contribution is 2.30. The lowest BCUT2D eigenvalue weighted by atomic mass is 10.2. The average molecular weight is 510 g/mol. The molecule has 0 bridgehead atoms. The molecule has 2 N–H and O–H groups in total. The van der Waals surface area contributed by atoms with Crippen LogP contribution in [0.1, 0.15) is 12.5 Å². The zero-order chi connectivity index (χ0) is 25.9. The van der Waals surface area contributed by atoms with Crippen molar-refractivity contribution < 1.29 is 27.1 Å². The third-order valence-electron chi connectivity index (χ3n) is 5.44. The van der Waals surface area contributed by atoms with Crippen molar-refractivity contribution in [2.24, 2.45) is 0 Å². The van der Waals surface area contributed by atoms with E-state index in [1.165, 1.54) is 38.4 Å². The molecule has 36 heavy (non-hydrogen) atoms. The molecule has 0 saturated heterocycles. The summed E-state index contributed by atoms with van der Waals surface area (Å²) in [5, 5.41) is 5.87. The molecule has 4 rings (SSSR count). The van der Waals surface area contributed by atoms with E-state index in [0.29, 0.717) is 33.6 Å². The number of hydrogen-bond acceptors (Lipinski definition) is 5. The standard InChI is InChI=1S/C26H24FN3O5S/c1-17(31)28-20-10-11-24(35-2)22(13-20)29-26(32)15-30-14-25(21-8-3-4-9-23(21)30)36(33,34)16-18-6-5-7-19(27)12-18/h3-14H,15-16H2,1-2H3,(H,28,31)(H,29,32). The van der Waals surface area contributed by atoms with Gasteiger partial charge in [0.25, 0.3) is 0 Å². The Kier molecular flexibility index (Phi) is 7.07. The van der Waals surface area contributed by atoms with Crippen LogP contribution in [0.2, 0.25) is 0 Å². The van der Waals surface area contributed by atoms with E-state index in [9.17, 15) is 22.4 Å². The van der Waals surface area contributed by atoms with E-state index in [4.69, 9.17) is 4.74 Å². The van der Waals surface area contributed by atoms with Gasteiger partial charge in [-0.05, 0) is 42.0 Å². The molecule has 4 aromatic rings. The summed E-state index contributed by atoms with van der Waals surface area (Å²) in [7, 11) is -2.38. The lowest BCUT2D eigenvalue weighted by Gasteiger charge is -2.13. The smallest absolute Gasteiger partial charge is 0.244 e. The van der Waals surface area contributed by atoms with E-state index >= 15 is 0 Å². The summed E-state index contributed by atoms with van der Waals surface area (Å²) in [5.41, 5.74) is 1.72. The van der Waals surface area contributed by atoms with Crippen LogP contribution in [0, 0.1) is 5.82 Å². The van der Waals surface area contributed by atoms with Crippen LogP contribution in [0.15, 0.2) is 77.8 Å². The second-order valence-corrected chi connectivity index (χ2v) is 10.1. The number of halogens is 1. The second-order valence-electron chi connectivity index (χ2n) is 8.17. The fourth-order valence-corrected chi connectivity index (χ4v) is 5.52. The van der Waals surface area contributed by atoms with Crippen LogP contribution in [0.4, 0.5) is 15.8 Å². The summed E-state index contributed by atoms with van der Waals surface area (Å²) < 4.78 is 46.9. The summed E-state index contributed by atoms with van der Waals surface area (Å²) >= 11 is 0. The number of sulfone groups is 1. The molecule has 0 saturated carbocycles. The highest BCUT2D eigenvalue weighted by molar-refractivity contribution is 7.90. The molecule has 8 nitrogen and oxygen atoms in total. The molecule has 1 heterocycles. The molecular formula is C26H24FN3O5S. The van der Waals surface area contributed by atoms with Gasteiger partial charge in [0, 0.05) is 29.7 Å². The molecule has 0 spiro atoms. The lowest BCUT2D eigenvalue weighted by Crippen LogP contribution is -2.19. The van der Waals surface area contributed by atoms with Crippen LogP contribution in [0.3, 0.4) is 0 Å². The van der Waals surface area contributed by atoms with Gasteiger partial charge in [0.1, 0.15) is 18.1 Å². The molecule has 1 aromatic heterocycles. The van der Waals surface area contributed by atoms with Crippen molar-refractivity contribution in [2.75, 3.05) is 17.7 Å². The molecule has 0 radical (unpaired) electrons. The number of benzene rings is 3. The number of hydrogen-bond donors (Lipinski definition) is 2. The van der Waals surface area contributed by atoms with Gasteiger partial charge < -0.3 is 19.9 Å². The number of ether oxygens (including phenoxy) is 1. The van der Waals surface area contributed by atoms with Gasteiger partial charge in [-0.3, -0.25) is 9.59 Å². The van der Waals surface area contributed by atoms with Crippen molar-refractivity contribution in [3.05, 3.63) is 84.3 Å². The van der Waals surface area contributed by atoms with Gasteiger partial charge in [-0.2, -0.15) is 0 Å². The minimum Gasteiger partial charge on any atom is -0.495 e. The Bertz CT molecular complexity index is 1560. The van der Waals surface area contributed by atoms with E-state index in [-0.39, 0.29) is 23.1 Å². The number of anilines is 2. The number of methoxy groups -OCH3 is 1. The normalized spacial score (nSPS) is 11.3. The summed E-state index contributed by atoms with van der Waals surface area (Å²) in [6.07, 6.45) is 1.42. The topological polar surface area (TPSA) is 106 Å². The third kappa shape index (κ3) is 5.55. The van der Waals surface area contributed by atoms with Gasteiger partial charge in [-0.1, -0.05) is 30.3 Å². The van der Waals surface area contributed by atoms with E-state index in [2.05, 4.69) is 10.6 Å². The molecule has 10 heteroatoms. The van der Waals surface area contributed by atoms with E-state index in [1.54, 1.807) is 53.1 Å². The number of rotatable bonds is 8. The molecule has 0 aliphatic heterocycles. The largest absolute Gasteiger partial charge is 0.495 e. The van der Waals surface area contributed by atoms with E-state index in [0.717, 1.165) is 0 Å². The van der Waals surface area contributed by atoms with Crippen molar-refractivity contribution in [1.29, 1.82) is 0 Å². The highest BCUT2D eigenvalue weighted by Gasteiger charge is 2.23. The van der Waals surface area contributed by atoms with Crippen molar-refractivity contribution in [3.63, 3.8) is 0 Å². The first-order valence-electron chi connectivity index (χ1n) is 11.0. The van der Waals surface area contributed by atoms with Crippen LogP contribution in [-0.2, 0) is 31.7 Å². The maximum Gasteiger partial charge on any atom is 0.244 e. The van der Waals surface area contributed by atoms with Crippen molar-refractivity contribution in [3.8, 4) is 5.75 Å². The maximum absolute atomic E-state index is 13.6. The zero-order valence-corrected chi connectivity index (χ0v) is 20.4. The predicted octanol–water partition coefficient (Wildman–Crippen LogP) is 4.36. The number of amides is 2. The van der Waals surface area contributed by atoms with Crippen LogP contribution in [0.25, 0.3) is 10.9 Å². The van der Waals surface area contributed by atoms with E-state index < -0.39 is 21.6 Å². The quantitative estimate of drug-likeness (QED) is 0.367. The van der Waals surface area contributed by atoms with Crippen LogP contribution in [-0.4, -0.2) is 31.9 Å². The highest BCUT2D eigenvalue weighted by atomic mass is 32.2. The molecule has 2 amide bonds. The van der Waals surface area contributed by atoms with Gasteiger partial charge >= 0.3 is 0 Å². The average Bonchev–Trinajstić information content (AvgIpc) is 3.18. The minimum absolute atomic E-state index is 0.0559. The van der Waals surface area contributed by atoms with Crippen molar-refractivity contribution in [1.82, 2.24) is 4.57 Å². The number of carbonyl (C=O) groups excluding carboxylic acids is 2. The summed E-state index contributed by atoms with van der Waals surface area (Å²) in [6, 6.07) is 17.1. The molecule has 186 valence electrons. The van der Waals surface area contributed by atoms with Gasteiger partial charge in [-0.15, -0.1) is 0 Å². The number of nitrogens with one attached hydrogen (secondary N) is 2. The number of nitrogens with zero attached hydrogens (tertiary/aromatic N) is 1. The molecule has 3 aromatic carbocycles. The summed E-state index contributed by atoms with van der Waals surface area (Å²) in [5.74, 6) is -1.18. The first kappa shape index (κ1) is 24.9. The fraction of sp³-hybridized carbons (Fsp3) is 0.154. The lowest BCUT2D eigenvalue weighted by molar-refractivity contribution is -0.116. The minimum atomic E-state index is -3.84. The van der Waals surface area contributed by atoms with Crippen LogP contribution in [0.5, 0.6) is 5.75 Å². The Hall–Kier alpha value is -4.18. The molecular weight excluding hydrogens is 485 g/mol.